The van der Waals surface area contributed by atoms with Gasteiger partial charge in [-0.2, -0.15) is 0 Å². The second-order valence-corrected chi connectivity index (χ2v) is 4.09. The van der Waals surface area contributed by atoms with Gasteiger partial charge in [-0.05, 0) is 42.9 Å². The fourth-order valence-corrected chi connectivity index (χ4v) is 1.98. The van der Waals surface area contributed by atoms with E-state index in [4.69, 9.17) is 0 Å². The Bertz CT molecular complexity index is 578. The van der Waals surface area contributed by atoms with E-state index in [-0.39, 0.29) is 11.1 Å². The Morgan fingerprint density at radius 1 is 0.842 bits per heavy atom. The molecular formula is C14H11F4N. The van der Waals surface area contributed by atoms with Crippen molar-refractivity contribution in [3.63, 3.8) is 0 Å². The molecule has 0 aliphatic heterocycles. The number of benzene rings is 2. The molecule has 5 heteroatoms. The maximum absolute atomic E-state index is 13.7. The lowest BCUT2D eigenvalue weighted by Crippen LogP contribution is -2.19. The normalized spacial score (nSPS) is 12.5. The molecule has 0 heterocycles. The van der Waals surface area contributed by atoms with Crippen LogP contribution in [0.15, 0.2) is 36.4 Å². The first-order chi connectivity index (χ1) is 9.01. The second-order valence-electron chi connectivity index (χ2n) is 4.09. The number of halogens is 4. The van der Waals surface area contributed by atoms with E-state index in [1.165, 1.54) is 7.05 Å². The summed E-state index contributed by atoms with van der Waals surface area (Å²) in [4.78, 5) is 0. The van der Waals surface area contributed by atoms with Crippen molar-refractivity contribution in [2.45, 2.75) is 6.04 Å². The van der Waals surface area contributed by atoms with Crippen LogP contribution in [0, 0.1) is 23.3 Å². The highest BCUT2D eigenvalue weighted by Crippen LogP contribution is 2.26. The Balaban J connectivity index is 2.52. The topological polar surface area (TPSA) is 12.0 Å². The summed E-state index contributed by atoms with van der Waals surface area (Å²) in [6.07, 6.45) is 0. The van der Waals surface area contributed by atoms with Gasteiger partial charge in [-0.3, -0.25) is 0 Å². The Hall–Kier alpha value is -1.88. The molecule has 2 aromatic carbocycles. The third-order valence-corrected chi connectivity index (χ3v) is 2.78. The van der Waals surface area contributed by atoms with Crippen molar-refractivity contribution in [3.05, 3.63) is 70.8 Å². The molecule has 1 atom stereocenters. The molecular weight excluding hydrogens is 258 g/mol. The summed E-state index contributed by atoms with van der Waals surface area (Å²) in [6, 6.07) is 5.00. The van der Waals surface area contributed by atoms with E-state index in [1.54, 1.807) is 0 Å². The highest BCUT2D eigenvalue weighted by Gasteiger charge is 2.18. The minimum Gasteiger partial charge on any atom is -0.309 e. The van der Waals surface area contributed by atoms with E-state index in [9.17, 15) is 17.6 Å². The van der Waals surface area contributed by atoms with Crippen LogP contribution in [0.5, 0.6) is 0 Å². The first-order valence-corrected chi connectivity index (χ1v) is 5.59. The fourth-order valence-electron chi connectivity index (χ4n) is 1.98. The quantitative estimate of drug-likeness (QED) is 0.840. The minimum absolute atomic E-state index is 0.00694. The van der Waals surface area contributed by atoms with Gasteiger partial charge < -0.3 is 5.32 Å². The molecule has 0 aromatic heterocycles. The van der Waals surface area contributed by atoms with Crippen LogP contribution in [-0.4, -0.2) is 7.05 Å². The number of hydrogen-bond acceptors (Lipinski definition) is 1. The maximum atomic E-state index is 13.7. The van der Waals surface area contributed by atoms with Crippen LogP contribution in [-0.2, 0) is 0 Å². The lowest BCUT2D eigenvalue weighted by Gasteiger charge is -2.18. The molecule has 2 rings (SSSR count). The predicted molar refractivity (Wildman–Crippen MR) is 63.6 cm³/mol. The molecule has 2 aromatic rings. The molecule has 0 radical (unpaired) electrons. The van der Waals surface area contributed by atoms with Crippen molar-refractivity contribution < 1.29 is 17.6 Å². The molecule has 0 fully saturated rings. The molecule has 1 N–H and O–H groups in total. The molecule has 0 bridgehead atoms. The van der Waals surface area contributed by atoms with Crippen molar-refractivity contribution >= 4 is 0 Å². The third kappa shape index (κ3) is 2.93. The van der Waals surface area contributed by atoms with Crippen LogP contribution >= 0.6 is 0 Å². The van der Waals surface area contributed by atoms with E-state index < -0.39 is 29.3 Å². The zero-order valence-corrected chi connectivity index (χ0v) is 10.1. The van der Waals surface area contributed by atoms with Gasteiger partial charge in [-0.15, -0.1) is 0 Å². The first kappa shape index (κ1) is 13.5. The van der Waals surface area contributed by atoms with E-state index in [0.29, 0.717) is 0 Å². The largest absolute Gasteiger partial charge is 0.309 e. The standard InChI is InChI=1S/C14H11F4N/c1-19-14(8-4-10(16)6-11(17)5-8)12-7-9(15)2-3-13(12)18/h2-7,14,19H,1H3. The van der Waals surface area contributed by atoms with Gasteiger partial charge in [0.05, 0.1) is 6.04 Å². The van der Waals surface area contributed by atoms with Crippen LogP contribution in [0.4, 0.5) is 17.6 Å². The molecule has 0 saturated carbocycles. The second kappa shape index (κ2) is 5.40. The lowest BCUT2D eigenvalue weighted by atomic mass is 9.98. The Morgan fingerprint density at radius 2 is 1.47 bits per heavy atom. The highest BCUT2D eigenvalue weighted by atomic mass is 19.1. The van der Waals surface area contributed by atoms with Crippen molar-refractivity contribution in [1.29, 1.82) is 0 Å². The Kier molecular flexibility index (Phi) is 3.85. The van der Waals surface area contributed by atoms with Crippen LogP contribution in [0.3, 0.4) is 0 Å². The van der Waals surface area contributed by atoms with Crippen LogP contribution in [0.1, 0.15) is 17.2 Å². The van der Waals surface area contributed by atoms with Gasteiger partial charge in [0.15, 0.2) is 0 Å². The average molecular weight is 269 g/mol. The summed E-state index contributed by atoms with van der Waals surface area (Å²) in [5.74, 6) is -2.81. The van der Waals surface area contributed by atoms with Gasteiger partial charge in [0.25, 0.3) is 0 Å². The van der Waals surface area contributed by atoms with Crippen molar-refractivity contribution in [3.8, 4) is 0 Å². The number of hydrogen-bond donors (Lipinski definition) is 1. The SMILES string of the molecule is CNC(c1cc(F)cc(F)c1)c1cc(F)ccc1F. The zero-order valence-electron chi connectivity index (χ0n) is 10.1. The van der Waals surface area contributed by atoms with Crippen LogP contribution < -0.4 is 5.32 Å². The van der Waals surface area contributed by atoms with Gasteiger partial charge in [-0.25, -0.2) is 17.6 Å². The summed E-state index contributed by atoms with van der Waals surface area (Å²) in [7, 11) is 1.50. The van der Waals surface area contributed by atoms with Crippen molar-refractivity contribution in [2.75, 3.05) is 7.05 Å². The monoisotopic (exact) mass is 269 g/mol. The first-order valence-electron chi connectivity index (χ1n) is 5.59. The summed E-state index contributed by atoms with van der Waals surface area (Å²) in [5.41, 5.74) is 0.178. The summed E-state index contributed by atoms with van der Waals surface area (Å²) < 4.78 is 53.2. The highest BCUT2D eigenvalue weighted by molar-refractivity contribution is 5.33. The van der Waals surface area contributed by atoms with Gasteiger partial charge in [-0.1, -0.05) is 0 Å². The number of nitrogens with one attached hydrogen (secondary N) is 1. The number of rotatable bonds is 3. The minimum atomic E-state index is -0.833. The molecule has 1 nitrogen and oxygen atoms in total. The van der Waals surface area contributed by atoms with E-state index in [0.717, 1.165) is 36.4 Å². The van der Waals surface area contributed by atoms with Crippen molar-refractivity contribution in [1.82, 2.24) is 5.32 Å². The molecule has 1 unspecified atom stereocenters. The smallest absolute Gasteiger partial charge is 0.128 e. The molecule has 0 aliphatic carbocycles. The lowest BCUT2D eigenvalue weighted by molar-refractivity contribution is 0.547. The van der Waals surface area contributed by atoms with Crippen LogP contribution in [0.2, 0.25) is 0 Å². The van der Waals surface area contributed by atoms with Gasteiger partial charge >= 0.3 is 0 Å². The zero-order chi connectivity index (χ0) is 14.0. The maximum Gasteiger partial charge on any atom is 0.128 e. The molecule has 19 heavy (non-hydrogen) atoms. The fraction of sp³-hybridized carbons (Fsp3) is 0.143. The Labute approximate surface area is 107 Å². The average Bonchev–Trinajstić information content (AvgIpc) is 2.33. The molecule has 0 amide bonds. The van der Waals surface area contributed by atoms with Gasteiger partial charge in [0.1, 0.15) is 23.3 Å². The van der Waals surface area contributed by atoms with Gasteiger partial charge in [0.2, 0.25) is 0 Å². The summed E-state index contributed by atoms with van der Waals surface area (Å²) in [6.45, 7) is 0. The van der Waals surface area contributed by atoms with E-state index in [1.807, 2.05) is 0 Å². The molecule has 0 saturated heterocycles. The van der Waals surface area contributed by atoms with Gasteiger partial charge in [0, 0.05) is 11.6 Å². The molecule has 100 valence electrons. The molecule has 0 spiro atoms. The van der Waals surface area contributed by atoms with E-state index >= 15 is 0 Å². The molecule has 0 aliphatic rings. The third-order valence-electron chi connectivity index (χ3n) is 2.78. The summed E-state index contributed by atoms with van der Waals surface area (Å²) >= 11 is 0. The Morgan fingerprint density at radius 3 is 2.05 bits per heavy atom. The summed E-state index contributed by atoms with van der Waals surface area (Å²) in [5, 5.41) is 2.72. The van der Waals surface area contributed by atoms with Crippen LogP contribution in [0.25, 0.3) is 0 Å². The van der Waals surface area contributed by atoms with Crippen molar-refractivity contribution in [2.24, 2.45) is 0 Å². The van der Waals surface area contributed by atoms with E-state index in [2.05, 4.69) is 5.32 Å². The predicted octanol–water partition coefficient (Wildman–Crippen LogP) is 3.55.